The van der Waals surface area contributed by atoms with Gasteiger partial charge in [0.05, 0.1) is 4.90 Å². The molecule has 0 fully saturated rings. The van der Waals surface area contributed by atoms with E-state index in [1.54, 1.807) is 6.07 Å². The number of sulfonamides is 1. The molecular formula is C12H14N4O3S. The zero-order valence-electron chi connectivity index (χ0n) is 10.5. The van der Waals surface area contributed by atoms with E-state index in [1.807, 2.05) is 0 Å². The highest BCUT2D eigenvalue weighted by Crippen LogP contribution is 2.21. The summed E-state index contributed by atoms with van der Waals surface area (Å²) in [5.74, 6) is -0.0146. The topological polar surface area (TPSA) is 118 Å². The minimum Gasteiger partial charge on any atom is -0.399 e. The first-order valence-electron chi connectivity index (χ1n) is 5.82. The Morgan fingerprint density at radius 3 is 2.60 bits per heavy atom. The van der Waals surface area contributed by atoms with Gasteiger partial charge in [0.1, 0.15) is 0 Å². The van der Waals surface area contributed by atoms with Gasteiger partial charge in [-0.15, -0.1) is 0 Å². The molecule has 8 heteroatoms. The average Bonchev–Trinajstić information content (AvgIpc) is 2.39. The Morgan fingerprint density at radius 1 is 1.25 bits per heavy atom. The summed E-state index contributed by atoms with van der Waals surface area (Å²) in [7, 11) is -3.82. The van der Waals surface area contributed by atoms with Gasteiger partial charge in [-0.1, -0.05) is 0 Å². The van der Waals surface area contributed by atoms with Crippen LogP contribution in [-0.4, -0.2) is 30.1 Å². The lowest BCUT2D eigenvalue weighted by Gasteiger charge is -2.11. The molecule has 20 heavy (non-hydrogen) atoms. The van der Waals surface area contributed by atoms with Gasteiger partial charge in [-0.25, -0.2) is 23.1 Å². The van der Waals surface area contributed by atoms with Gasteiger partial charge >= 0.3 is 0 Å². The predicted molar refractivity (Wildman–Crippen MR) is 74.5 cm³/mol. The summed E-state index contributed by atoms with van der Waals surface area (Å²) in [6.07, 6.45) is 3.06. The Labute approximate surface area is 116 Å². The van der Waals surface area contributed by atoms with Crippen molar-refractivity contribution in [3.05, 3.63) is 42.2 Å². The number of benzene rings is 1. The van der Waals surface area contributed by atoms with Gasteiger partial charge in [0.2, 0.25) is 5.95 Å². The van der Waals surface area contributed by atoms with Gasteiger partial charge < -0.3 is 10.8 Å². The number of nitrogens with zero attached hydrogens (tertiary/aromatic N) is 2. The molecule has 0 aliphatic carbocycles. The molecule has 0 spiro atoms. The average molecular weight is 294 g/mol. The zero-order valence-corrected chi connectivity index (χ0v) is 11.3. The van der Waals surface area contributed by atoms with E-state index in [2.05, 4.69) is 14.7 Å². The normalized spacial score (nSPS) is 11.2. The van der Waals surface area contributed by atoms with Gasteiger partial charge in [-0.2, -0.15) is 0 Å². The van der Waals surface area contributed by atoms with Crippen molar-refractivity contribution < 1.29 is 13.5 Å². The maximum absolute atomic E-state index is 12.3. The second-order valence-corrected chi connectivity index (χ2v) is 5.67. The van der Waals surface area contributed by atoms with Crippen LogP contribution in [0.3, 0.4) is 0 Å². The van der Waals surface area contributed by atoms with Crippen LogP contribution in [0.2, 0.25) is 0 Å². The van der Waals surface area contributed by atoms with Crippen LogP contribution >= 0.6 is 0 Å². The van der Waals surface area contributed by atoms with E-state index >= 15 is 0 Å². The molecule has 1 aromatic heterocycles. The fourth-order valence-electron chi connectivity index (χ4n) is 1.70. The van der Waals surface area contributed by atoms with Crippen molar-refractivity contribution in [3.63, 3.8) is 0 Å². The molecular weight excluding hydrogens is 280 g/mol. The molecule has 2 aromatic rings. The van der Waals surface area contributed by atoms with E-state index in [1.165, 1.54) is 30.6 Å². The van der Waals surface area contributed by atoms with E-state index in [4.69, 9.17) is 10.8 Å². The molecule has 0 unspecified atom stereocenters. The number of nitrogen functional groups attached to an aromatic ring is 1. The van der Waals surface area contributed by atoms with Crippen LogP contribution in [-0.2, 0) is 16.4 Å². The van der Waals surface area contributed by atoms with Crippen molar-refractivity contribution in [1.29, 1.82) is 0 Å². The van der Waals surface area contributed by atoms with E-state index in [9.17, 15) is 8.42 Å². The smallest absolute Gasteiger partial charge is 0.264 e. The van der Waals surface area contributed by atoms with Crippen molar-refractivity contribution in [2.45, 2.75) is 11.3 Å². The van der Waals surface area contributed by atoms with Crippen LogP contribution in [0.5, 0.6) is 0 Å². The molecule has 0 radical (unpaired) electrons. The van der Waals surface area contributed by atoms with Gasteiger partial charge in [-0.05, 0) is 36.2 Å². The van der Waals surface area contributed by atoms with Crippen LogP contribution in [0.1, 0.15) is 5.56 Å². The van der Waals surface area contributed by atoms with Crippen molar-refractivity contribution in [3.8, 4) is 0 Å². The van der Waals surface area contributed by atoms with Crippen molar-refractivity contribution in [2.75, 3.05) is 17.1 Å². The fraction of sp³-hybridized carbons (Fsp3) is 0.167. The Balaban J connectivity index is 2.39. The number of nitrogens with one attached hydrogen (secondary N) is 1. The molecule has 0 aliphatic rings. The summed E-state index contributed by atoms with van der Waals surface area (Å²) in [5.41, 5.74) is 6.51. The lowest BCUT2D eigenvalue weighted by molar-refractivity contribution is 0.299. The zero-order chi connectivity index (χ0) is 14.6. The molecule has 0 amide bonds. The summed E-state index contributed by atoms with van der Waals surface area (Å²) in [5, 5.41) is 9.01. The second-order valence-electron chi connectivity index (χ2n) is 4.02. The summed E-state index contributed by atoms with van der Waals surface area (Å²) in [6, 6.07) is 5.99. The number of nitrogens with two attached hydrogens (primary N) is 1. The minimum absolute atomic E-state index is 0.0146. The highest BCUT2D eigenvalue weighted by molar-refractivity contribution is 7.92. The summed E-state index contributed by atoms with van der Waals surface area (Å²) in [6.45, 7) is -0.173. The Morgan fingerprint density at radius 2 is 1.95 bits per heavy atom. The largest absolute Gasteiger partial charge is 0.399 e. The Bertz CT molecular complexity index is 689. The molecule has 0 atom stereocenters. The van der Waals surface area contributed by atoms with E-state index in [-0.39, 0.29) is 23.9 Å². The molecule has 0 bridgehead atoms. The third-order valence-electron chi connectivity index (χ3n) is 2.55. The quantitative estimate of drug-likeness (QED) is 0.687. The van der Waals surface area contributed by atoms with Gasteiger partial charge in [0, 0.05) is 24.7 Å². The fourth-order valence-corrected chi connectivity index (χ4v) is 2.91. The monoisotopic (exact) mass is 294 g/mol. The number of hydrogen-bond donors (Lipinski definition) is 3. The highest BCUT2D eigenvalue weighted by Gasteiger charge is 2.19. The van der Waals surface area contributed by atoms with Crippen LogP contribution in [0.4, 0.5) is 11.6 Å². The minimum atomic E-state index is -3.82. The summed E-state index contributed by atoms with van der Waals surface area (Å²) < 4.78 is 26.9. The van der Waals surface area contributed by atoms with Gasteiger partial charge in [-0.3, -0.25) is 0 Å². The van der Waals surface area contributed by atoms with Crippen LogP contribution in [0, 0.1) is 0 Å². The number of hydrogen-bond acceptors (Lipinski definition) is 6. The van der Waals surface area contributed by atoms with Crippen molar-refractivity contribution in [2.24, 2.45) is 0 Å². The van der Waals surface area contributed by atoms with Gasteiger partial charge in [0.25, 0.3) is 10.0 Å². The number of aliphatic hydroxyl groups excluding tert-OH is 1. The molecule has 1 heterocycles. The van der Waals surface area contributed by atoms with Crippen molar-refractivity contribution >= 4 is 21.7 Å². The lowest BCUT2D eigenvalue weighted by atomic mass is 10.1. The van der Waals surface area contributed by atoms with Crippen LogP contribution in [0.15, 0.2) is 41.6 Å². The lowest BCUT2D eigenvalue weighted by Crippen LogP contribution is -2.17. The maximum Gasteiger partial charge on any atom is 0.264 e. The van der Waals surface area contributed by atoms with Crippen LogP contribution < -0.4 is 10.5 Å². The maximum atomic E-state index is 12.3. The molecule has 2 rings (SSSR count). The standard InChI is InChI=1S/C12H14N4O3S/c13-10-2-3-11(9(8-10)4-7-17)20(18,19)16-12-14-5-1-6-15-12/h1-3,5-6,8,17H,4,7,13H2,(H,14,15,16). The third-order valence-corrected chi connectivity index (χ3v) is 3.98. The first-order chi connectivity index (χ1) is 9.53. The number of aliphatic hydroxyl groups is 1. The van der Waals surface area contributed by atoms with Crippen LogP contribution in [0.25, 0.3) is 0 Å². The molecule has 4 N–H and O–H groups in total. The Hall–Kier alpha value is -2.19. The predicted octanol–water partition coefficient (Wildman–Crippen LogP) is 0.394. The van der Waals surface area contributed by atoms with Crippen molar-refractivity contribution in [1.82, 2.24) is 9.97 Å². The SMILES string of the molecule is Nc1ccc(S(=O)(=O)Nc2ncccn2)c(CCO)c1. The highest BCUT2D eigenvalue weighted by atomic mass is 32.2. The summed E-state index contributed by atoms with van der Waals surface area (Å²) in [4.78, 5) is 7.66. The van der Waals surface area contributed by atoms with E-state index < -0.39 is 10.0 Å². The molecule has 7 nitrogen and oxygen atoms in total. The summed E-state index contributed by atoms with van der Waals surface area (Å²) >= 11 is 0. The third kappa shape index (κ3) is 3.22. The molecule has 0 aliphatic heterocycles. The first kappa shape index (κ1) is 14.2. The molecule has 1 aromatic carbocycles. The molecule has 106 valence electrons. The number of aromatic nitrogens is 2. The second kappa shape index (κ2) is 5.85. The van der Waals surface area contributed by atoms with Gasteiger partial charge in [0.15, 0.2) is 0 Å². The number of anilines is 2. The number of rotatable bonds is 5. The molecule has 0 saturated carbocycles. The van der Waals surface area contributed by atoms with E-state index in [0.717, 1.165) is 0 Å². The molecule has 0 saturated heterocycles. The first-order valence-corrected chi connectivity index (χ1v) is 7.30. The van der Waals surface area contributed by atoms with E-state index in [0.29, 0.717) is 11.3 Å². The Kier molecular flexibility index (Phi) is 4.16.